The first-order valence-electron chi connectivity index (χ1n) is 5.26. The van der Waals surface area contributed by atoms with E-state index in [-0.39, 0.29) is 11.4 Å². The first kappa shape index (κ1) is 13.8. The van der Waals surface area contributed by atoms with Gasteiger partial charge in [-0.15, -0.1) is 0 Å². The Morgan fingerprint density at radius 1 is 1.21 bits per heavy atom. The zero-order chi connectivity index (χ0) is 14.1. The lowest BCUT2D eigenvalue weighted by molar-refractivity contribution is 1.26. The second-order valence-corrected chi connectivity index (χ2v) is 3.42. The van der Waals surface area contributed by atoms with Crippen LogP contribution in [-0.4, -0.2) is 6.34 Å². The maximum Gasteiger partial charge on any atom is 0.175 e. The summed E-state index contributed by atoms with van der Waals surface area (Å²) in [6.45, 7) is 0. The highest BCUT2D eigenvalue weighted by Crippen LogP contribution is 2.09. The van der Waals surface area contributed by atoms with Crippen LogP contribution in [0.3, 0.4) is 0 Å². The normalized spacial score (nSPS) is 11.0. The summed E-state index contributed by atoms with van der Waals surface area (Å²) >= 11 is 0. The average molecular weight is 250 g/mol. The van der Waals surface area contributed by atoms with E-state index < -0.39 is 0 Å². The van der Waals surface area contributed by atoms with E-state index in [0.29, 0.717) is 6.42 Å². The number of benzene rings is 1. The molecule has 0 unspecified atom stereocenters. The number of nitrogens with zero attached hydrogens (tertiary/aromatic N) is 4. The Hall–Kier alpha value is -3.30. The Labute approximate surface area is 110 Å². The molecular weight excluding hydrogens is 240 g/mol. The van der Waals surface area contributed by atoms with Gasteiger partial charge in [-0.05, 0) is 17.7 Å². The predicted molar refractivity (Wildman–Crippen MR) is 70.3 cm³/mol. The van der Waals surface area contributed by atoms with Gasteiger partial charge in [0.25, 0.3) is 0 Å². The van der Waals surface area contributed by atoms with Gasteiger partial charge in [0, 0.05) is 5.69 Å². The number of rotatable bonds is 4. The second-order valence-electron chi connectivity index (χ2n) is 3.42. The van der Waals surface area contributed by atoms with Gasteiger partial charge in [-0.2, -0.15) is 15.8 Å². The average Bonchev–Trinajstić information content (AvgIpc) is 2.45. The molecule has 0 saturated heterocycles. The van der Waals surface area contributed by atoms with Gasteiger partial charge >= 0.3 is 0 Å². The molecule has 1 rings (SSSR count). The van der Waals surface area contributed by atoms with Crippen LogP contribution < -0.4 is 11.1 Å². The van der Waals surface area contributed by atoms with Crippen molar-refractivity contribution < 1.29 is 0 Å². The van der Waals surface area contributed by atoms with Crippen molar-refractivity contribution in [2.45, 2.75) is 6.42 Å². The van der Waals surface area contributed by atoms with Crippen molar-refractivity contribution in [2.75, 3.05) is 5.32 Å². The molecule has 0 amide bonds. The number of aliphatic imine (C=N–C) groups is 1. The van der Waals surface area contributed by atoms with Crippen LogP contribution in [0, 0.1) is 34.0 Å². The van der Waals surface area contributed by atoms with Crippen LogP contribution in [0.25, 0.3) is 0 Å². The third kappa shape index (κ3) is 4.22. The molecule has 19 heavy (non-hydrogen) atoms. The highest BCUT2D eigenvalue weighted by atomic mass is 14.9. The van der Waals surface area contributed by atoms with Crippen molar-refractivity contribution in [3.8, 4) is 18.2 Å². The first-order valence-corrected chi connectivity index (χ1v) is 5.26. The maximum absolute atomic E-state index is 8.71. The molecule has 0 aliphatic rings. The van der Waals surface area contributed by atoms with E-state index in [4.69, 9.17) is 21.5 Å². The Morgan fingerprint density at radius 2 is 1.89 bits per heavy atom. The van der Waals surface area contributed by atoms with Crippen LogP contribution in [-0.2, 0) is 6.42 Å². The Bertz CT molecular complexity index is 619. The van der Waals surface area contributed by atoms with Gasteiger partial charge < -0.3 is 11.1 Å². The summed E-state index contributed by atoms with van der Waals surface area (Å²) in [5, 5.41) is 28.6. The minimum atomic E-state index is -0.232. The molecule has 0 radical (unpaired) electrons. The second kappa shape index (κ2) is 7.11. The SMILES string of the molecule is N#CCc1ccc(NC=N/C(C#N)=C(\N)C#N)cc1. The minimum Gasteiger partial charge on any atom is -0.388 e. The third-order valence-corrected chi connectivity index (χ3v) is 2.14. The fourth-order valence-corrected chi connectivity index (χ4v) is 1.19. The number of anilines is 1. The molecule has 1 aromatic carbocycles. The Balaban J connectivity index is 2.70. The maximum atomic E-state index is 8.71. The topological polar surface area (TPSA) is 122 Å². The third-order valence-electron chi connectivity index (χ3n) is 2.14. The molecular formula is C13H10N6. The minimum absolute atomic E-state index is 0.142. The Morgan fingerprint density at radius 3 is 2.42 bits per heavy atom. The van der Waals surface area contributed by atoms with Gasteiger partial charge in [0.15, 0.2) is 5.70 Å². The monoisotopic (exact) mass is 250 g/mol. The van der Waals surface area contributed by atoms with Crippen LogP contribution >= 0.6 is 0 Å². The molecule has 0 aliphatic carbocycles. The van der Waals surface area contributed by atoms with Gasteiger partial charge in [-0.1, -0.05) is 12.1 Å². The lowest BCUT2D eigenvalue weighted by Crippen LogP contribution is -2.00. The van der Waals surface area contributed by atoms with E-state index in [1.54, 1.807) is 24.3 Å². The largest absolute Gasteiger partial charge is 0.388 e. The Kier molecular flexibility index (Phi) is 5.15. The summed E-state index contributed by atoms with van der Waals surface area (Å²) in [4.78, 5) is 3.75. The van der Waals surface area contributed by atoms with Crippen LogP contribution in [0.5, 0.6) is 0 Å². The van der Waals surface area contributed by atoms with Crippen LogP contribution in [0.4, 0.5) is 5.69 Å². The van der Waals surface area contributed by atoms with Gasteiger partial charge in [0.2, 0.25) is 0 Å². The van der Waals surface area contributed by atoms with Gasteiger partial charge in [-0.3, -0.25) is 0 Å². The first-order chi connectivity index (χ1) is 9.21. The fraction of sp³-hybridized carbons (Fsp3) is 0.0769. The molecule has 6 nitrogen and oxygen atoms in total. The van der Waals surface area contributed by atoms with Crippen molar-refractivity contribution in [1.29, 1.82) is 15.8 Å². The number of nitriles is 3. The highest BCUT2D eigenvalue weighted by Gasteiger charge is 1.98. The lowest BCUT2D eigenvalue weighted by Gasteiger charge is -2.00. The summed E-state index contributed by atoms with van der Waals surface area (Å²) in [6, 6.07) is 12.6. The van der Waals surface area contributed by atoms with Crippen molar-refractivity contribution in [2.24, 2.45) is 10.7 Å². The predicted octanol–water partition coefficient (Wildman–Crippen LogP) is 1.41. The molecule has 6 heteroatoms. The van der Waals surface area contributed by atoms with Gasteiger partial charge in [-0.25, -0.2) is 4.99 Å². The van der Waals surface area contributed by atoms with Gasteiger partial charge in [0.1, 0.15) is 17.8 Å². The zero-order valence-electron chi connectivity index (χ0n) is 9.96. The van der Waals surface area contributed by atoms with E-state index in [2.05, 4.69) is 16.4 Å². The fourth-order valence-electron chi connectivity index (χ4n) is 1.19. The van der Waals surface area contributed by atoms with Crippen molar-refractivity contribution in [1.82, 2.24) is 0 Å². The van der Waals surface area contributed by atoms with E-state index in [0.717, 1.165) is 11.3 Å². The van der Waals surface area contributed by atoms with Crippen LogP contribution in [0.2, 0.25) is 0 Å². The quantitative estimate of drug-likeness (QED) is 0.475. The number of nitrogens with one attached hydrogen (secondary N) is 1. The molecule has 0 fully saturated rings. The molecule has 92 valence electrons. The van der Waals surface area contributed by atoms with Crippen LogP contribution in [0.1, 0.15) is 5.56 Å². The number of hydrogen-bond donors (Lipinski definition) is 2. The molecule has 0 atom stereocenters. The zero-order valence-corrected chi connectivity index (χ0v) is 9.96. The summed E-state index contributed by atoms with van der Waals surface area (Å²) < 4.78 is 0. The van der Waals surface area contributed by atoms with Crippen LogP contribution in [0.15, 0.2) is 40.7 Å². The number of nitrogens with two attached hydrogens (primary N) is 1. The molecule has 0 saturated carbocycles. The number of hydrogen-bond acceptors (Lipinski definition) is 5. The molecule has 3 N–H and O–H groups in total. The van der Waals surface area contributed by atoms with E-state index in [1.165, 1.54) is 6.34 Å². The van der Waals surface area contributed by atoms with Gasteiger partial charge in [0.05, 0.1) is 18.8 Å². The summed E-state index contributed by atoms with van der Waals surface area (Å²) in [5.74, 6) is 0. The molecule has 0 bridgehead atoms. The van der Waals surface area contributed by atoms with E-state index in [1.807, 2.05) is 12.1 Å². The van der Waals surface area contributed by atoms with Crippen molar-refractivity contribution >= 4 is 12.0 Å². The lowest BCUT2D eigenvalue weighted by atomic mass is 10.1. The summed E-state index contributed by atoms with van der Waals surface area (Å²) in [7, 11) is 0. The highest BCUT2D eigenvalue weighted by molar-refractivity contribution is 5.76. The summed E-state index contributed by atoms with van der Waals surface area (Å²) in [6.07, 6.45) is 1.64. The molecule has 0 aliphatic heterocycles. The van der Waals surface area contributed by atoms with Crippen molar-refractivity contribution in [3.05, 3.63) is 41.2 Å². The molecule has 0 spiro atoms. The standard InChI is InChI=1S/C13H10N6/c14-6-5-10-1-3-11(4-2-10)18-9-19-13(8-16)12(17)7-15/h1-4,9H,5,17H2,(H,18,19)/b13-12-. The summed E-state index contributed by atoms with van der Waals surface area (Å²) in [5.41, 5.74) is 6.57. The number of allylic oxidation sites excluding steroid dienone is 2. The van der Waals surface area contributed by atoms with Crippen molar-refractivity contribution in [3.63, 3.8) is 0 Å². The van der Waals surface area contributed by atoms with E-state index >= 15 is 0 Å². The van der Waals surface area contributed by atoms with E-state index in [9.17, 15) is 0 Å². The molecule has 0 heterocycles. The molecule has 0 aromatic heterocycles. The smallest absolute Gasteiger partial charge is 0.175 e. The molecule has 1 aromatic rings.